The van der Waals surface area contributed by atoms with Gasteiger partial charge in [-0.15, -0.1) is 0 Å². The summed E-state index contributed by atoms with van der Waals surface area (Å²) in [7, 11) is 1.68. The number of hydrogen-bond donors (Lipinski definition) is 1. The molecular formula is C22H26N2O3. The molecular weight excluding hydrogens is 340 g/mol. The molecule has 0 aromatic heterocycles. The van der Waals surface area contributed by atoms with Crippen molar-refractivity contribution in [3.8, 4) is 5.75 Å². The van der Waals surface area contributed by atoms with Crippen LogP contribution in [-0.4, -0.2) is 43.2 Å². The van der Waals surface area contributed by atoms with Gasteiger partial charge in [-0.3, -0.25) is 9.69 Å². The van der Waals surface area contributed by atoms with E-state index in [0.717, 1.165) is 37.4 Å². The van der Waals surface area contributed by atoms with E-state index in [1.165, 1.54) is 5.56 Å². The lowest BCUT2D eigenvalue weighted by Gasteiger charge is -2.32. The number of carbonyl (C=O) groups excluding carboxylic acids is 1. The number of nitrogens with zero attached hydrogens (tertiary/aromatic N) is 1. The Morgan fingerprint density at radius 1 is 1.11 bits per heavy atom. The molecule has 3 atom stereocenters. The number of likely N-dealkylation sites (tertiary alicyclic amines) is 1. The number of rotatable bonds is 6. The van der Waals surface area contributed by atoms with Gasteiger partial charge in [0.05, 0.1) is 25.2 Å². The molecule has 5 heteroatoms. The van der Waals surface area contributed by atoms with Crippen molar-refractivity contribution < 1.29 is 14.3 Å². The predicted molar refractivity (Wildman–Crippen MR) is 103 cm³/mol. The van der Waals surface area contributed by atoms with Crippen molar-refractivity contribution in [2.24, 2.45) is 5.92 Å². The molecule has 0 saturated carbocycles. The maximum atomic E-state index is 12.7. The van der Waals surface area contributed by atoms with E-state index in [2.05, 4.69) is 22.3 Å². The van der Waals surface area contributed by atoms with Crippen LogP contribution in [0.3, 0.4) is 0 Å². The van der Waals surface area contributed by atoms with Crippen LogP contribution >= 0.6 is 0 Å². The van der Waals surface area contributed by atoms with E-state index in [1.807, 2.05) is 42.5 Å². The van der Waals surface area contributed by atoms with E-state index in [1.54, 1.807) is 7.11 Å². The quantitative estimate of drug-likeness (QED) is 0.854. The van der Waals surface area contributed by atoms with Crippen LogP contribution in [0.15, 0.2) is 54.6 Å². The summed E-state index contributed by atoms with van der Waals surface area (Å²) in [5.74, 6) is 0.924. The lowest BCUT2D eigenvalue weighted by Crippen LogP contribution is -2.44. The number of fused-ring (bicyclic) bond motifs is 2. The van der Waals surface area contributed by atoms with Gasteiger partial charge < -0.3 is 14.8 Å². The third-order valence-electron chi connectivity index (χ3n) is 5.44. The van der Waals surface area contributed by atoms with E-state index in [4.69, 9.17) is 9.47 Å². The van der Waals surface area contributed by atoms with Crippen LogP contribution in [0.5, 0.6) is 5.75 Å². The zero-order valence-corrected chi connectivity index (χ0v) is 15.6. The fraction of sp³-hybridized carbons (Fsp3) is 0.409. The zero-order valence-electron chi connectivity index (χ0n) is 15.6. The average molecular weight is 366 g/mol. The molecule has 27 heavy (non-hydrogen) atoms. The van der Waals surface area contributed by atoms with Crippen molar-refractivity contribution in [3.05, 3.63) is 65.7 Å². The number of methoxy groups -OCH3 is 1. The lowest BCUT2D eigenvalue weighted by molar-refractivity contribution is -0.128. The molecule has 0 spiro atoms. The smallest absolute Gasteiger partial charge is 0.226 e. The van der Waals surface area contributed by atoms with Crippen LogP contribution < -0.4 is 10.1 Å². The second-order valence-electron chi connectivity index (χ2n) is 7.38. The fourth-order valence-corrected chi connectivity index (χ4v) is 4.05. The highest BCUT2D eigenvalue weighted by molar-refractivity contribution is 5.79. The number of nitrogens with one attached hydrogen (secondary N) is 1. The minimum Gasteiger partial charge on any atom is -0.497 e. The third kappa shape index (κ3) is 4.31. The van der Waals surface area contributed by atoms with Gasteiger partial charge in [-0.1, -0.05) is 42.5 Å². The summed E-state index contributed by atoms with van der Waals surface area (Å²) in [5.41, 5.74) is 2.37. The Morgan fingerprint density at radius 2 is 1.89 bits per heavy atom. The van der Waals surface area contributed by atoms with Crippen molar-refractivity contribution >= 4 is 5.91 Å². The second-order valence-corrected chi connectivity index (χ2v) is 7.38. The monoisotopic (exact) mass is 366 g/mol. The maximum Gasteiger partial charge on any atom is 0.226 e. The Morgan fingerprint density at radius 3 is 2.63 bits per heavy atom. The van der Waals surface area contributed by atoms with Gasteiger partial charge in [-0.05, 0) is 29.7 Å². The first-order valence-corrected chi connectivity index (χ1v) is 9.53. The van der Waals surface area contributed by atoms with Crippen LogP contribution in [0.4, 0.5) is 0 Å². The van der Waals surface area contributed by atoms with Gasteiger partial charge in [-0.2, -0.15) is 0 Å². The minimum absolute atomic E-state index is 0.0160. The van der Waals surface area contributed by atoms with Gasteiger partial charge in [0.25, 0.3) is 0 Å². The van der Waals surface area contributed by atoms with E-state index in [0.29, 0.717) is 6.54 Å². The first kappa shape index (κ1) is 18.0. The largest absolute Gasteiger partial charge is 0.497 e. The highest BCUT2D eigenvalue weighted by Gasteiger charge is 2.44. The number of amides is 1. The fourth-order valence-electron chi connectivity index (χ4n) is 4.05. The molecule has 5 nitrogen and oxygen atoms in total. The molecule has 0 unspecified atom stereocenters. The van der Waals surface area contributed by atoms with E-state index in [9.17, 15) is 4.79 Å². The van der Waals surface area contributed by atoms with Crippen molar-refractivity contribution in [1.29, 1.82) is 0 Å². The molecule has 2 fully saturated rings. The number of morpholine rings is 1. The predicted octanol–water partition coefficient (Wildman–Crippen LogP) is 2.60. The van der Waals surface area contributed by atoms with Crippen molar-refractivity contribution in [2.75, 3.05) is 20.2 Å². The Hall–Kier alpha value is -2.37. The van der Waals surface area contributed by atoms with Gasteiger partial charge in [0, 0.05) is 26.2 Å². The van der Waals surface area contributed by atoms with Crippen LogP contribution in [-0.2, 0) is 22.6 Å². The number of carbonyl (C=O) groups is 1. The molecule has 2 aliphatic heterocycles. The van der Waals surface area contributed by atoms with Gasteiger partial charge in [0.15, 0.2) is 0 Å². The maximum absolute atomic E-state index is 12.7. The van der Waals surface area contributed by atoms with Crippen LogP contribution in [0, 0.1) is 5.92 Å². The summed E-state index contributed by atoms with van der Waals surface area (Å²) in [5, 5.41) is 3.08. The summed E-state index contributed by atoms with van der Waals surface area (Å²) < 4.78 is 11.3. The first-order valence-electron chi connectivity index (χ1n) is 9.53. The van der Waals surface area contributed by atoms with Gasteiger partial charge in [-0.25, -0.2) is 0 Å². The second kappa shape index (κ2) is 8.11. The topological polar surface area (TPSA) is 50.8 Å². The summed E-state index contributed by atoms with van der Waals surface area (Å²) in [6, 6.07) is 18.2. The standard InChI is InChI=1S/C22H26N2O3/c1-26-18-9-7-17(8-10-18)13-24-14-19-11-20(21(15-24)27-19)22(25)23-12-16-5-3-2-4-6-16/h2-10,19-21H,11-15H2,1H3,(H,23,25)/t19-,20+,21-/m0/s1. The normalized spacial score (nSPS) is 24.6. The molecule has 1 amide bonds. The number of hydrogen-bond acceptors (Lipinski definition) is 4. The summed E-state index contributed by atoms with van der Waals surface area (Å²) in [6.45, 7) is 3.12. The van der Waals surface area contributed by atoms with Crippen LogP contribution in [0.25, 0.3) is 0 Å². The lowest BCUT2D eigenvalue weighted by atomic mass is 9.99. The van der Waals surface area contributed by atoms with E-state index in [-0.39, 0.29) is 24.0 Å². The molecule has 142 valence electrons. The SMILES string of the molecule is COc1ccc(CN2C[C@@H]3C[C@@H](C(=O)NCc4ccccc4)[C@H](C2)O3)cc1. The Labute approximate surface area is 160 Å². The Balaban J connectivity index is 1.32. The average Bonchev–Trinajstić information content (AvgIpc) is 3.01. The van der Waals surface area contributed by atoms with Gasteiger partial charge in [0.2, 0.25) is 5.91 Å². The zero-order chi connectivity index (χ0) is 18.6. The molecule has 2 aromatic rings. The summed E-state index contributed by atoms with van der Waals surface area (Å²) >= 11 is 0. The van der Waals surface area contributed by atoms with E-state index < -0.39 is 0 Å². The Kier molecular flexibility index (Phi) is 5.41. The highest BCUT2D eigenvalue weighted by Crippen LogP contribution is 2.32. The third-order valence-corrected chi connectivity index (χ3v) is 5.44. The van der Waals surface area contributed by atoms with Crippen molar-refractivity contribution in [3.63, 3.8) is 0 Å². The molecule has 2 heterocycles. The van der Waals surface area contributed by atoms with Crippen LogP contribution in [0.2, 0.25) is 0 Å². The molecule has 2 aliphatic rings. The molecule has 1 N–H and O–H groups in total. The minimum atomic E-state index is -0.0559. The van der Waals surface area contributed by atoms with Gasteiger partial charge in [0.1, 0.15) is 5.75 Å². The molecule has 2 aromatic carbocycles. The summed E-state index contributed by atoms with van der Waals surface area (Å²) in [4.78, 5) is 15.1. The highest BCUT2D eigenvalue weighted by atomic mass is 16.5. The van der Waals surface area contributed by atoms with Crippen molar-refractivity contribution in [1.82, 2.24) is 10.2 Å². The molecule has 2 saturated heterocycles. The molecule has 0 aliphatic carbocycles. The number of benzene rings is 2. The molecule has 2 bridgehead atoms. The summed E-state index contributed by atoms with van der Waals surface area (Å²) in [6.07, 6.45) is 0.942. The van der Waals surface area contributed by atoms with Crippen LogP contribution in [0.1, 0.15) is 17.5 Å². The van der Waals surface area contributed by atoms with Crippen molar-refractivity contribution in [2.45, 2.75) is 31.7 Å². The van der Waals surface area contributed by atoms with Gasteiger partial charge >= 0.3 is 0 Å². The molecule has 0 radical (unpaired) electrons. The van der Waals surface area contributed by atoms with E-state index >= 15 is 0 Å². The molecule has 4 rings (SSSR count). The number of ether oxygens (including phenoxy) is 2. The Bertz CT molecular complexity index is 763. The first-order chi connectivity index (χ1) is 13.2.